The summed E-state index contributed by atoms with van der Waals surface area (Å²) in [4.78, 5) is 19.9. The van der Waals surface area contributed by atoms with Crippen molar-refractivity contribution >= 4 is 16.8 Å². The van der Waals surface area contributed by atoms with E-state index in [1.807, 2.05) is 31.0 Å². The molecule has 130 valence electrons. The number of fused-ring (bicyclic) bond motifs is 1. The van der Waals surface area contributed by atoms with Crippen LogP contribution in [0, 0.1) is 5.92 Å². The van der Waals surface area contributed by atoms with Crippen molar-refractivity contribution in [3.8, 4) is 0 Å². The number of pyridine rings is 1. The van der Waals surface area contributed by atoms with Crippen molar-refractivity contribution in [3.05, 3.63) is 23.5 Å². The van der Waals surface area contributed by atoms with Crippen molar-refractivity contribution in [3.63, 3.8) is 0 Å². The third-order valence-corrected chi connectivity index (χ3v) is 4.58. The first-order valence-corrected chi connectivity index (χ1v) is 8.93. The lowest BCUT2D eigenvalue weighted by atomic mass is 9.97. The van der Waals surface area contributed by atoms with Crippen LogP contribution >= 0.6 is 0 Å². The highest BCUT2D eigenvalue weighted by atomic mass is 16.1. The van der Waals surface area contributed by atoms with Crippen LogP contribution in [0.15, 0.2) is 12.3 Å². The molecule has 1 atom stereocenters. The Hall–Kier alpha value is -1.75. The lowest BCUT2D eigenvalue weighted by Gasteiger charge is -2.16. The molecular formula is C19H28N4O. The maximum absolute atomic E-state index is 12.9. The Morgan fingerprint density at radius 1 is 1.33 bits per heavy atom. The summed E-state index contributed by atoms with van der Waals surface area (Å²) in [6, 6.07) is 2.26. The molecule has 0 aliphatic heterocycles. The molecule has 1 unspecified atom stereocenters. The molecule has 5 heteroatoms. The van der Waals surface area contributed by atoms with Gasteiger partial charge in [-0.1, -0.05) is 6.92 Å². The molecule has 0 amide bonds. The molecule has 0 aromatic carbocycles. The van der Waals surface area contributed by atoms with E-state index in [2.05, 4.69) is 30.8 Å². The fraction of sp³-hybridized carbons (Fsp3) is 0.632. The van der Waals surface area contributed by atoms with E-state index < -0.39 is 0 Å². The highest BCUT2D eigenvalue weighted by Crippen LogP contribution is 2.40. The number of aromatic nitrogens is 3. The summed E-state index contributed by atoms with van der Waals surface area (Å²) in [6.45, 7) is 7.24. The molecule has 3 rings (SSSR count). The van der Waals surface area contributed by atoms with Crippen LogP contribution < -0.4 is 0 Å². The molecule has 0 N–H and O–H groups in total. The average molecular weight is 328 g/mol. The molecule has 2 heterocycles. The Balaban J connectivity index is 1.98. The maximum Gasteiger partial charge on any atom is 0.164 e. The summed E-state index contributed by atoms with van der Waals surface area (Å²) < 4.78 is 1.93. The highest BCUT2D eigenvalue weighted by Gasteiger charge is 2.28. The highest BCUT2D eigenvalue weighted by molar-refractivity contribution is 6.06. The third kappa shape index (κ3) is 3.51. The predicted octanol–water partition coefficient (Wildman–Crippen LogP) is 3.66. The van der Waals surface area contributed by atoms with Gasteiger partial charge in [-0.15, -0.1) is 0 Å². The van der Waals surface area contributed by atoms with E-state index in [0.717, 1.165) is 28.8 Å². The van der Waals surface area contributed by atoms with Gasteiger partial charge in [0.05, 0.1) is 6.20 Å². The van der Waals surface area contributed by atoms with E-state index in [-0.39, 0.29) is 11.8 Å². The zero-order valence-electron chi connectivity index (χ0n) is 15.4. The smallest absolute Gasteiger partial charge is 0.164 e. The molecule has 0 radical (unpaired) electrons. The summed E-state index contributed by atoms with van der Waals surface area (Å²) in [6.07, 6.45) is 4.73. The van der Waals surface area contributed by atoms with Crippen molar-refractivity contribution in [2.75, 3.05) is 20.6 Å². The first-order valence-electron chi connectivity index (χ1n) is 8.93. The van der Waals surface area contributed by atoms with Gasteiger partial charge in [0.2, 0.25) is 0 Å². The van der Waals surface area contributed by atoms with E-state index >= 15 is 0 Å². The minimum atomic E-state index is 0.210. The molecular weight excluding hydrogens is 300 g/mol. The predicted molar refractivity (Wildman–Crippen MR) is 96.6 cm³/mol. The van der Waals surface area contributed by atoms with Gasteiger partial charge < -0.3 is 4.90 Å². The number of rotatable bonds is 7. The van der Waals surface area contributed by atoms with Gasteiger partial charge >= 0.3 is 0 Å². The zero-order chi connectivity index (χ0) is 17.4. The average Bonchev–Trinajstić information content (AvgIpc) is 3.24. The molecule has 1 aliphatic rings. The minimum Gasteiger partial charge on any atom is -0.309 e. The zero-order valence-corrected chi connectivity index (χ0v) is 15.4. The summed E-state index contributed by atoms with van der Waals surface area (Å²) in [5, 5.41) is 5.38. The van der Waals surface area contributed by atoms with Crippen LogP contribution in [0.1, 0.15) is 68.0 Å². The Morgan fingerprint density at radius 2 is 2.04 bits per heavy atom. The molecule has 24 heavy (non-hydrogen) atoms. The van der Waals surface area contributed by atoms with Gasteiger partial charge in [0.25, 0.3) is 0 Å². The second-order valence-electron chi connectivity index (χ2n) is 7.78. The number of nitrogens with zero attached hydrogens (tertiary/aromatic N) is 4. The summed E-state index contributed by atoms with van der Waals surface area (Å²) >= 11 is 0. The Kier molecular flexibility index (Phi) is 4.72. The van der Waals surface area contributed by atoms with Gasteiger partial charge in [-0.2, -0.15) is 5.10 Å². The van der Waals surface area contributed by atoms with Crippen molar-refractivity contribution in [2.24, 2.45) is 5.92 Å². The number of hydrogen-bond acceptors (Lipinski definition) is 4. The Bertz CT molecular complexity index is 743. The second-order valence-corrected chi connectivity index (χ2v) is 7.78. The van der Waals surface area contributed by atoms with Gasteiger partial charge in [0.15, 0.2) is 11.4 Å². The molecule has 2 aromatic heterocycles. The molecule has 1 aliphatic carbocycles. The maximum atomic E-state index is 12.9. The van der Waals surface area contributed by atoms with E-state index in [1.165, 1.54) is 12.8 Å². The fourth-order valence-corrected chi connectivity index (χ4v) is 3.35. The van der Waals surface area contributed by atoms with Crippen LogP contribution in [0.3, 0.4) is 0 Å². The van der Waals surface area contributed by atoms with Crippen LogP contribution in [0.4, 0.5) is 0 Å². The molecule has 1 saturated carbocycles. The number of Topliss-reactive ketones (excluding diaryl/α,β-unsaturated/α-hetero) is 1. The quantitative estimate of drug-likeness (QED) is 0.728. The van der Waals surface area contributed by atoms with Crippen LogP contribution in [-0.2, 0) is 0 Å². The van der Waals surface area contributed by atoms with Gasteiger partial charge in [0.1, 0.15) is 0 Å². The first kappa shape index (κ1) is 17.1. The van der Waals surface area contributed by atoms with E-state index in [0.29, 0.717) is 18.3 Å². The summed E-state index contributed by atoms with van der Waals surface area (Å²) in [7, 11) is 4.09. The standard InChI is InChI=1S/C19H28N4O/c1-12(2)23-19-16(10-20-23)15(9-17(21-19)14-6-7-14)18(24)8-13(3)11-22(4)5/h9-10,12-14H,6-8,11H2,1-5H3. The lowest BCUT2D eigenvalue weighted by molar-refractivity contribution is 0.0959. The molecule has 2 aromatic rings. The Morgan fingerprint density at radius 3 is 2.62 bits per heavy atom. The van der Waals surface area contributed by atoms with E-state index in [9.17, 15) is 4.79 Å². The molecule has 0 spiro atoms. The number of carbonyl (C=O) groups excluding carboxylic acids is 1. The van der Waals surface area contributed by atoms with Crippen LogP contribution in [0.2, 0.25) is 0 Å². The molecule has 1 fully saturated rings. The summed E-state index contributed by atoms with van der Waals surface area (Å²) in [5.41, 5.74) is 2.73. The number of carbonyl (C=O) groups is 1. The lowest BCUT2D eigenvalue weighted by Crippen LogP contribution is -2.22. The number of ketones is 1. The van der Waals surface area contributed by atoms with Gasteiger partial charge in [-0.05, 0) is 52.8 Å². The van der Waals surface area contributed by atoms with Crippen LogP contribution in [-0.4, -0.2) is 46.1 Å². The SMILES string of the molecule is CC(CC(=O)c1cc(C2CC2)nc2c1cnn2C(C)C)CN(C)C. The monoisotopic (exact) mass is 328 g/mol. The fourth-order valence-electron chi connectivity index (χ4n) is 3.35. The van der Waals surface area contributed by atoms with E-state index in [1.54, 1.807) is 0 Å². The van der Waals surface area contributed by atoms with Gasteiger partial charge in [0, 0.05) is 41.6 Å². The van der Waals surface area contributed by atoms with Crippen molar-refractivity contribution < 1.29 is 4.79 Å². The summed E-state index contributed by atoms with van der Waals surface area (Å²) in [5.74, 6) is 1.07. The first-order chi connectivity index (χ1) is 11.4. The Labute approximate surface area is 144 Å². The normalized spacial score (nSPS) is 16.3. The van der Waals surface area contributed by atoms with Crippen LogP contribution in [0.5, 0.6) is 0 Å². The molecule has 0 saturated heterocycles. The van der Waals surface area contributed by atoms with Crippen molar-refractivity contribution in [1.29, 1.82) is 0 Å². The molecule has 5 nitrogen and oxygen atoms in total. The van der Waals surface area contributed by atoms with E-state index in [4.69, 9.17) is 4.98 Å². The number of hydrogen-bond donors (Lipinski definition) is 0. The van der Waals surface area contributed by atoms with Crippen LogP contribution in [0.25, 0.3) is 11.0 Å². The van der Waals surface area contributed by atoms with Gasteiger partial charge in [-0.3, -0.25) is 4.79 Å². The van der Waals surface area contributed by atoms with Crippen molar-refractivity contribution in [2.45, 2.75) is 52.0 Å². The molecule has 0 bridgehead atoms. The topological polar surface area (TPSA) is 51.0 Å². The third-order valence-electron chi connectivity index (χ3n) is 4.58. The minimum absolute atomic E-state index is 0.210. The van der Waals surface area contributed by atoms with Crippen molar-refractivity contribution in [1.82, 2.24) is 19.7 Å². The van der Waals surface area contributed by atoms with Gasteiger partial charge in [-0.25, -0.2) is 9.67 Å². The second kappa shape index (κ2) is 6.63. The largest absolute Gasteiger partial charge is 0.309 e.